The van der Waals surface area contributed by atoms with Crippen LogP contribution in [0.2, 0.25) is 5.02 Å². The number of carbonyl (C=O) groups is 1. The number of unbranched alkanes of at least 4 members (excludes halogenated alkanes) is 1. The number of rotatable bonds is 7. The van der Waals surface area contributed by atoms with Crippen molar-refractivity contribution < 1.29 is 4.79 Å². The zero-order chi connectivity index (χ0) is 25.6. The summed E-state index contributed by atoms with van der Waals surface area (Å²) >= 11 is 6.01. The Morgan fingerprint density at radius 1 is 1.09 bits per heavy atom. The number of halogens is 1. The van der Waals surface area contributed by atoms with Crippen molar-refractivity contribution in [2.24, 2.45) is 5.73 Å². The zero-order valence-electron chi connectivity index (χ0n) is 21.8. The third-order valence-corrected chi connectivity index (χ3v) is 6.74. The number of allylic oxidation sites excluding steroid dienone is 1. The van der Waals surface area contributed by atoms with Crippen LogP contribution in [-0.4, -0.2) is 37.5 Å². The lowest BCUT2D eigenvalue weighted by Gasteiger charge is -2.28. The third-order valence-electron chi connectivity index (χ3n) is 6.49. The van der Waals surface area contributed by atoms with E-state index in [9.17, 15) is 4.79 Å². The van der Waals surface area contributed by atoms with Crippen LogP contribution in [0.25, 0.3) is 5.57 Å². The lowest BCUT2D eigenvalue weighted by Crippen LogP contribution is -2.31. The molecular weight excluding hydrogens is 454 g/mol. The molecule has 0 saturated heterocycles. The summed E-state index contributed by atoms with van der Waals surface area (Å²) in [6.45, 7) is 12.1. The second-order valence-corrected chi connectivity index (χ2v) is 9.11. The average molecular weight is 496 g/mol. The predicted molar refractivity (Wildman–Crippen MR) is 152 cm³/mol. The molecule has 2 N–H and O–H groups in total. The van der Waals surface area contributed by atoms with Gasteiger partial charge in [0.1, 0.15) is 0 Å². The number of hydrogen-bond acceptors (Lipinski definition) is 3. The van der Waals surface area contributed by atoms with Crippen molar-refractivity contribution in [3.8, 4) is 0 Å². The maximum Gasteiger partial charge on any atom is 0.214 e. The van der Waals surface area contributed by atoms with Gasteiger partial charge in [0, 0.05) is 48.0 Å². The van der Waals surface area contributed by atoms with E-state index < -0.39 is 0 Å². The Bertz CT molecular complexity index is 966. The summed E-state index contributed by atoms with van der Waals surface area (Å²) in [7, 11) is 0. The molecule has 190 valence electrons. The first-order valence-electron chi connectivity index (χ1n) is 13.0. The van der Waals surface area contributed by atoms with Gasteiger partial charge in [-0.3, -0.25) is 9.69 Å². The van der Waals surface area contributed by atoms with E-state index in [2.05, 4.69) is 37.0 Å². The first kappa shape index (κ1) is 28.7. The van der Waals surface area contributed by atoms with E-state index in [0.29, 0.717) is 5.92 Å². The van der Waals surface area contributed by atoms with Gasteiger partial charge in [0.15, 0.2) is 0 Å². The molecule has 0 aliphatic carbocycles. The molecule has 0 radical (unpaired) electrons. The number of nitrogens with two attached hydrogens (primary N) is 1. The number of nitrogens with zero attached hydrogens (tertiary/aromatic N) is 2. The van der Waals surface area contributed by atoms with Crippen LogP contribution in [0, 0.1) is 0 Å². The van der Waals surface area contributed by atoms with Crippen molar-refractivity contribution in [3.05, 3.63) is 82.5 Å². The van der Waals surface area contributed by atoms with Crippen molar-refractivity contribution in [1.82, 2.24) is 4.90 Å². The van der Waals surface area contributed by atoms with Gasteiger partial charge in [-0.05, 0) is 54.3 Å². The Morgan fingerprint density at radius 2 is 1.77 bits per heavy atom. The summed E-state index contributed by atoms with van der Waals surface area (Å²) in [4.78, 5) is 15.7. The minimum atomic E-state index is 0.412. The molecular formula is C30H42ClN3O. The molecule has 4 rings (SSSR count). The van der Waals surface area contributed by atoms with Crippen molar-refractivity contribution in [1.29, 1.82) is 0 Å². The molecule has 1 atom stereocenters. The van der Waals surface area contributed by atoms with E-state index in [1.807, 2.05) is 55.1 Å². The number of para-hydroxylation sites is 1. The van der Waals surface area contributed by atoms with Crippen LogP contribution in [0.4, 0.5) is 5.69 Å². The largest absolute Gasteiger partial charge is 0.404 e. The molecule has 1 unspecified atom stereocenters. The van der Waals surface area contributed by atoms with Gasteiger partial charge in [0.2, 0.25) is 6.41 Å². The predicted octanol–water partition coefficient (Wildman–Crippen LogP) is 7.25. The fourth-order valence-electron chi connectivity index (χ4n) is 4.39. The van der Waals surface area contributed by atoms with Gasteiger partial charge in [-0.25, -0.2) is 0 Å². The smallest absolute Gasteiger partial charge is 0.214 e. The molecule has 0 saturated carbocycles. The van der Waals surface area contributed by atoms with Crippen LogP contribution in [0.3, 0.4) is 0 Å². The number of fused-ring (bicyclic) bond motifs is 1. The molecule has 4 nitrogen and oxygen atoms in total. The summed E-state index contributed by atoms with van der Waals surface area (Å²) in [5.41, 5.74) is 11.8. The molecule has 2 aromatic carbocycles. The van der Waals surface area contributed by atoms with Gasteiger partial charge in [-0.2, -0.15) is 0 Å². The Hall–Kier alpha value is -2.56. The maximum absolute atomic E-state index is 11.4. The first-order chi connectivity index (χ1) is 17.1. The van der Waals surface area contributed by atoms with Crippen LogP contribution in [0.5, 0.6) is 0 Å². The van der Waals surface area contributed by atoms with Gasteiger partial charge < -0.3 is 10.6 Å². The fraction of sp³-hybridized carbons (Fsp3) is 0.433. The average Bonchev–Trinajstić information content (AvgIpc) is 3.29. The summed E-state index contributed by atoms with van der Waals surface area (Å²) in [5.74, 6) is 0.412. The van der Waals surface area contributed by atoms with Crippen molar-refractivity contribution >= 4 is 29.3 Å². The van der Waals surface area contributed by atoms with Crippen LogP contribution in [0.15, 0.2) is 66.4 Å². The number of carbonyl (C=O) groups excluding carboxylic acids is 1. The lowest BCUT2D eigenvalue weighted by atomic mass is 9.93. The fourth-order valence-corrected chi connectivity index (χ4v) is 4.52. The van der Waals surface area contributed by atoms with Gasteiger partial charge in [-0.1, -0.05) is 88.5 Å². The molecule has 0 bridgehead atoms. The Kier molecular flexibility index (Phi) is 12.6. The quantitative estimate of drug-likeness (QED) is 0.411. The molecule has 0 fully saturated rings. The Balaban J connectivity index is 0.000000655. The van der Waals surface area contributed by atoms with Crippen molar-refractivity contribution in [2.45, 2.75) is 59.3 Å². The first-order valence-corrected chi connectivity index (χ1v) is 13.4. The molecule has 0 aromatic heterocycles. The van der Waals surface area contributed by atoms with Crippen LogP contribution < -0.4 is 10.6 Å². The molecule has 5 heteroatoms. The van der Waals surface area contributed by atoms with Crippen LogP contribution in [0.1, 0.15) is 70.4 Å². The highest BCUT2D eigenvalue weighted by atomic mass is 35.5. The normalized spacial score (nSPS) is 17.4. The minimum Gasteiger partial charge on any atom is -0.404 e. The van der Waals surface area contributed by atoms with E-state index in [1.165, 1.54) is 24.0 Å². The number of benzene rings is 2. The highest BCUT2D eigenvalue weighted by Crippen LogP contribution is 2.37. The Morgan fingerprint density at radius 3 is 2.34 bits per heavy atom. The van der Waals surface area contributed by atoms with E-state index >= 15 is 0 Å². The van der Waals surface area contributed by atoms with Crippen LogP contribution >= 0.6 is 11.6 Å². The second kappa shape index (κ2) is 15.4. The SMILES string of the molecule is CC.CCCC.N/C=C(/C1=CCN(CCC2CN(C=O)c3ccccc32)CC1)c1ccc(Cl)cc1. The van der Waals surface area contributed by atoms with Gasteiger partial charge in [-0.15, -0.1) is 0 Å². The van der Waals surface area contributed by atoms with E-state index in [4.69, 9.17) is 17.3 Å². The maximum atomic E-state index is 11.4. The molecule has 2 heterocycles. The molecule has 2 aromatic rings. The Labute approximate surface area is 217 Å². The highest BCUT2D eigenvalue weighted by molar-refractivity contribution is 6.30. The minimum absolute atomic E-state index is 0.412. The molecule has 1 amide bonds. The second-order valence-electron chi connectivity index (χ2n) is 8.67. The molecule has 2 aliphatic heterocycles. The summed E-state index contributed by atoms with van der Waals surface area (Å²) < 4.78 is 0. The monoisotopic (exact) mass is 495 g/mol. The van der Waals surface area contributed by atoms with Gasteiger partial charge in [0.05, 0.1) is 0 Å². The molecule has 35 heavy (non-hydrogen) atoms. The summed E-state index contributed by atoms with van der Waals surface area (Å²) in [6, 6.07) is 16.1. The third kappa shape index (κ3) is 7.98. The number of anilines is 1. The van der Waals surface area contributed by atoms with Crippen molar-refractivity contribution in [2.75, 3.05) is 31.1 Å². The molecule has 2 aliphatic rings. The standard InChI is InChI=1S/C24H26ClN3O.C4H10.C2H6/c25-21-7-5-18(6-8-21)23(15-26)19-9-12-27(13-10-19)14-11-20-16-28(17-29)24-4-2-1-3-22(20)24;1-3-4-2;1-2/h1-9,15,17,20H,10-14,16,26H2;3-4H2,1-2H3;1-2H3/b23-15+;;. The van der Waals surface area contributed by atoms with E-state index in [1.54, 1.807) is 6.20 Å². The highest BCUT2D eigenvalue weighted by Gasteiger charge is 2.28. The number of hydrogen-bond donors (Lipinski definition) is 1. The topological polar surface area (TPSA) is 49.6 Å². The lowest BCUT2D eigenvalue weighted by molar-refractivity contribution is -0.107. The number of amides is 1. The molecule has 0 spiro atoms. The van der Waals surface area contributed by atoms with Gasteiger partial charge in [0.25, 0.3) is 0 Å². The summed E-state index contributed by atoms with van der Waals surface area (Å²) in [5, 5.41) is 0.732. The van der Waals surface area contributed by atoms with E-state index in [-0.39, 0.29) is 0 Å². The van der Waals surface area contributed by atoms with Crippen molar-refractivity contribution in [3.63, 3.8) is 0 Å². The van der Waals surface area contributed by atoms with Crippen LogP contribution in [-0.2, 0) is 4.79 Å². The zero-order valence-corrected chi connectivity index (χ0v) is 22.6. The van der Waals surface area contributed by atoms with E-state index in [0.717, 1.165) is 67.3 Å². The summed E-state index contributed by atoms with van der Waals surface area (Å²) in [6.07, 6.45) is 9.62. The van der Waals surface area contributed by atoms with Gasteiger partial charge >= 0.3 is 0 Å².